The van der Waals surface area contributed by atoms with Crippen molar-refractivity contribution in [2.24, 2.45) is 0 Å². The maximum atomic E-state index is 3.02. The minimum atomic E-state index is 1.22. The first kappa shape index (κ1) is 11.9. The Kier molecular flexibility index (Phi) is 10.8. The smallest absolute Gasteiger partial charge is 0.00566 e. The monoisotopic (exact) mass is 184 g/mol. The average Bonchev–Trinajstić information content (AvgIpc) is 2.10. The predicted octanol–water partition coefficient (Wildman–Crippen LogP) is 4.06. The van der Waals surface area contributed by atoms with Crippen LogP contribution in [-0.2, 0) is 0 Å². The molecule has 0 saturated carbocycles. The first-order valence-electron chi connectivity index (χ1n) is 4.95. The molecule has 0 aromatic rings. The molecule has 0 rings (SSSR count). The van der Waals surface area contributed by atoms with Crippen molar-refractivity contribution in [1.29, 1.82) is 0 Å². The molecule has 0 unspecified atom stereocenters. The van der Waals surface area contributed by atoms with E-state index in [1.54, 1.807) is 11.8 Å². The molecule has 0 spiro atoms. The third kappa shape index (κ3) is 9.91. The van der Waals surface area contributed by atoms with Gasteiger partial charge >= 0.3 is 0 Å². The third-order valence-electron chi connectivity index (χ3n) is 1.77. The lowest BCUT2D eigenvalue weighted by Gasteiger charge is -1.97. The summed E-state index contributed by atoms with van der Waals surface area (Å²) in [6, 6.07) is 0. The van der Waals surface area contributed by atoms with Crippen LogP contribution in [0.25, 0.3) is 0 Å². The van der Waals surface area contributed by atoms with Crippen LogP contribution in [0, 0.1) is 11.2 Å². The summed E-state index contributed by atoms with van der Waals surface area (Å²) in [5.74, 6) is 4.11. The van der Waals surface area contributed by atoms with Crippen molar-refractivity contribution in [2.75, 3.05) is 5.75 Å². The summed E-state index contributed by atoms with van der Waals surface area (Å²) in [7, 11) is 0. The summed E-state index contributed by atoms with van der Waals surface area (Å²) >= 11 is 1.76. The standard InChI is InChI=1S/C11H20S/c1-3-5-6-7-8-9-11-12-10-4-2/h3,5-9,11H2,1-2H3. The minimum Gasteiger partial charge on any atom is -0.0947 e. The van der Waals surface area contributed by atoms with E-state index in [-0.39, 0.29) is 0 Å². The van der Waals surface area contributed by atoms with Gasteiger partial charge in [-0.3, -0.25) is 0 Å². The number of hydrogen-bond donors (Lipinski definition) is 0. The minimum absolute atomic E-state index is 1.22. The Morgan fingerprint density at radius 2 is 1.67 bits per heavy atom. The van der Waals surface area contributed by atoms with E-state index < -0.39 is 0 Å². The summed E-state index contributed by atoms with van der Waals surface area (Å²) < 4.78 is 0. The molecule has 0 bridgehead atoms. The van der Waals surface area contributed by atoms with Gasteiger partial charge in [-0.2, -0.15) is 0 Å². The van der Waals surface area contributed by atoms with Gasteiger partial charge < -0.3 is 0 Å². The lowest BCUT2D eigenvalue weighted by atomic mass is 10.1. The largest absolute Gasteiger partial charge is 0.0947 e. The van der Waals surface area contributed by atoms with Gasteiger partial charge in [-0.05, 0) is 18.6 Å². The van der Waals surface area contributed by atoms with E-state index in [9.17, 15) is 0 Å². The zero-order valence-corrected chi connectivity index (χ0v) is 9.17. The molecule has 12 heavy (non-hydrogen) atoms. The highest BCUT2D eigenvalue weighted by atomic mass is 32.2. The van der Waals surface area contributed by atoms with Gasteiger partial charge in [0.1, 0.15) is 0 Å². The molecule has 0 amide bonds. The van der Waals surface area contributed by atoms with Crippen molar-refractivity contribution in [3.05, 3.63) is 0 Å². The van der Waals surface area contributed by atoms with Crippen molar-refractivity contribution >= 4 is 11.8 Å². The first-order chi connectivity index (χ1) is 5.91. The van der Waals surface area contributed by atoms with Crippen LogP contribution >= 0.6 is 11.8 Å². The van der Waals surface area contributed by atoms with E-state index in [2.05, 4.69) is 18.1 Å². The number of unbranched alkanes of at least 4 members (excludes halogenated alkanes) is 5. The summed E-state index contributed by atoms with van der Waals surface area (Å²) in [6.45, 7) is 4.15. The SMILES string of the molecule is CC#CSCCCCCCCC. The summed E-state index contributed by atoms with van der Waals surface area (Å²) in [6.07, 6.45) is 8.30. The fourth-order valence-electron chi connectivity index (χ4n) is 1.08. The maximum Gasteiger partial charge on any atom is 0.00566 e. The second-order valence-electron chi connectivity index (χ2n) is 2.97. The van der Waals surface area contributed by atoms with E-state index in [1.165, 1.54) is 44.3 Å². The molecule has 0 nitrogen and oxygen atoms in total. The Bertz CT molecular complexity index is 130. The molecular weight excluding hydrogens is 164 g/mol. The fraction of sp³-hybridized carbons (Fsp3) is 0.818. The molecule has 0 aliphatic rings. The fourth-order valence-corrected chi connectivity index (χ4v) is 1.67. The number of thioether (sulfide) groups is 1. The zero-order chi connectivity index (χ0) is 9.07. The van der Waals surface area contributed by atoms with E-state index >= 15 is 0 Å². The van der Waals surface area contributed by atoms with Crippen LogP contribution in [0.2, 0.25) is 0 Å². The van der Waals surface area contributed by atoms with Gasteiger partial charge in [0.15, 0.2) is 0 Å². The second kappa shape index (κ2) is 10.9. The van der Waals surface area contributed by atoms with Crippen molar-refractivity contribution in [3.63, 3.8) is 0 Å². The molecule has 0 saturated heterocycles. The van der Waals surface area contributed by atoms with Crippen LogP contribution in [0.1, 0.15) is 52.4 Å². The van der Waals surface area contributed by atoms with Crippen LogP contribution < -0.4 is 0 Å². The molecule has 0 heterocycles. The summed E-state index contributed by atoms with van der Waals surface area (Å²) in [5.41, 5.74) is 0. The molecular formula is C11H20S. The number of hydrogen-bond acceptors (Lipinski definition) is 1. The highest BCUT2D eigenvalue weighted by molar-refractivity contribution is 8.03. The van der Waals surface area contributed by atoms with Crippen LogP contribution in [0.3, 0.4) is 0 Å². The molecule has 0 aromatic heterocycles. The molecule has 0 aliphatic heterocycles. The quantitative estimate of drug-likeness (QED) is 0.425. The zero-order valence-electron chi connectivity index (χ0n) is 8.36. The molecule has 0 fully saturated rings. The van der Waals surface area contributed by atoms with Crippen LogP contribution in [-0.4, -0.2) is 5.75 Å². The predicted molar refractivity (Wildman–Crippen MR) is 59.3 cm³/mol. The number of rotatable bonds is 7. The highest BCUT2D eigenvalue weighted by Crippen LogP contribution is 2.08. The van der Waals surface area contributed by atoms with Crippen LogP contribution in [0.5, 0.6) is 0 Å². The lowest BCUT2D eigenvalue weighted by molar-refractivity contribution is 0.627. The Balaban J connectivity index is 2.84. The molecule has 0 aromatic carbocycles. The van der Waals surface area contributed by atoms with Gasteiger partial charge in [0, 0.05) is 5.75 Å². The molecule has 1 heteroatoms. The normalized spacial score (nSPS) is 9.17. The summed E-state index contributed by atoms with van der Waals surface area (Å²) in [4.78, 5) is 0. The Labute approximate surface area is 81.5 Å². The maximum absolute atomic E-state index is 3.02. The van der Waals surface area contributed by atoms with Crippen LogP contribution in [0.15, 0.2) is 0 Å². The van der Waals surface area contributed by atoms with E-state index in [1.807, 2.05) is 6.92 Å². The van der Waals surface area contributed by atoms with Gasteiger partial charge in [0.2, 0.25) is 0 Å². The van der Waals surface area contributed by atoms with E-state index in [4.69, 9.17) is 0 Å². The van der Waals surface area contributed by atoms with Gasteiger partial charge in [-0.25, -0.2) is 0 Å². The van der Waals surface area contributed by atoms with E-state index in [0.29, 0.717) is 0 Å². The van der Waals surface area contributed by atoms with Gasteiger partial charge in [-0.1, -0.05) is 56.7 Å². The third-order valence-corrected chi connectivity index (χ3v) is 2.62. The topological polar surface area (TPSA) is 0 Å². The molecule has 0 radical (unpaired) electrons. The van der Waals surface area contributed by atoms with Crippen molar-refractivity contribution in [1.82, 2.24) is 0 Å². The lowest BCUT2D eigenvalue weighted by Crippen LogP contribution is -1.80. The first-order valence-corrected chi connectivity index (χ1v) is 5.94. The highest BCUT2D eigenvalue weighted by Gasteiger charge is 1.88. The van der Waals surface area contributed by atoms with E-state index in [0.717, 1.165) is 0 Å². The Morgan fingerprint density at radius 1 is 1.00 bits per heavy atom. The second-order valence-corrected chi connectivity index (χ2v) is 3.87. The average molecular weight is 184 g/mol. The van der Waals surface area contributed by atoms with Crippen molar-refractivity contribution in [2.45, 2.75) is 52.4 Å². The Morgan fingerprint density at radius 3 is 2.33 bits per heavy atom. The van der Waals surface area contributed by atoms with Gasteiger partial charge in [0.25, 0.3) is 0 Å². The van der Waals surface area contributed by atoms with Crippen LogP contribution in [0.4, 0.5) is 0 Å². The van der Waals surface area contributed by atoms with Crippen molar-refractivity contribution < 1.29 is 0 Å². The van der Waals surface area contributed by atoms with Crippen molar-refractivity contribution in [3.8, 4) is 11.2 Å². The summed E-state index contributed by atoms with van der Waals surface area (Å²) in [5, 5.41) is 3.02. The molecule has 0 atom stereocenters. The molecule has 70 valence electrons. The van der Waals surface area contributed by atoms with Gasteiger partial charge in [0.05, 0.1) is 0 Å². The Hall–Kier alpha value is -0.0900. The molecule has 0 N–H and O–H groups in total. The molecule has 0 aliphatic carbocycles. The van der Waals surface area contributed by atoms with Gasteiger partial charge in [-0.15, -0.1) is 0 Å².